The average Bonchev–Trinajstić information content (AvgIpc) is 2.52. The maximum absolute atomic E-state index is 11.5. The van der Waals surface area contributed by atoms with Gasteiger partial charge in [-0.3, -0.25) is 14.5 Å². The standard InChI is InChI=1S/C10H15N3O5/c1-3-6(9(16)17)11-7(14)4-13-8(15)5-12(2)10(13)18/h6H,3-5H2,1-2H3,(H,11,14)(H,16,17)/t6-/m1/s1. The molecule has 0 unspecified atom stereocenters. The summed E-state index contributed by atoms with van der Waals surface area (Å²) in [4.78, 5) is 47.1. The number of hydrogen-bond acceptors (Lipinski definition) is 4. The Hall–Kier alpha value is -2.12. The molecule has 8 nitrogen and oxygen atoms in total. The van der Waals surface area contributed by atoms with Crippen LogP contribution in [-0.2, 0) is 14.4 Å². The molecule has 0 aromatic heterocycles. The molecule has 1 rings (SSSR count). The van der Waals surface area contributed by atoms with Gasteiger partial charge in [0.1, 0.15) is 19.1 Å². The summed E-state index contributed by atoms with van der Waals surface area (Å²) in [5.74, 6) is -2.29. The van der Waals surface area contributed by atoms with E-state index in [9.17, 15) is 19.2 Å². The van der Waals surface area contributed by atoms with Crippen molar-refractivity contribution in [1.29, 1.82) is 0 Å². The van der Waals surface area contributed by atoms with Gasteiger partial charge in [0.05, 0.1) is 0 Å². The Kier molecular flexibility index (Phi) is 4.24. The first-order chi connectivity index (χ1) is 8.36. The van der Waals surface area contributed by atoms with Crippen molar-refractivity contribution in [3.05, 3.63) is 0 Å². The van der Waals surface area contributed by atoms with E-state index in [1.807, 2.05) is 0 Å². The summed E-state index contributed by atoms with van der Waals surface area (Å²) in [6.45, 7) is 1.09. The number of carbonyl (C=O) groups is 4. The van der Waals surface area contributed by atoms with Crippen LogP contribution >= 0.6 is 0 Å². The number of carboxylic acids is 1. The molecule has 1 aliphatic rings. The minimum Gasteiger partial charge on any atom is -0.480 e. The van der Waals surface area contributed by atoms with Crippen LogP contribution < -0.4 is 5.32 Å². The Balaban J connectivity index is 2.57. The number of urea groups is 1. The summed E-state index contributed by atoms with van der Waals surface area (Å²) < 4.78 is 0. The van der Waals surface area contributed by atoms with Crippen molar-refractivity contribution in [2.45, 2.75) is 19.4 Å². The van der Waals surface area contributed by atoms with E-state index in [0.29, 0.717) is 0 Å². The second-order valence-corrected chi connectivity index (χ2v) is 3.99. The third-order valence-electron chi connectivity index (χ3n) is 2.57. The zero-order valence-corrected chi connectivity index (χ0v) is 10.2. The van der Waals surface area contributed by atoms with Gasteiger partial charge in [-0.2, -0.15) is 0 Å². The van der Waals surface area contributed by atoms with Crippen LogP contribution in [0.25, 0.3) is 0 Å². The summed E-state index contributed by atoms with van der Waals surface area (Å²) in [7, 11) is 1.45. The predicted octanol–water partition coefficient (Wildman–Crippen LogP) is -1.14. The lowest BCUT2D eigenvalue weighted by molar-refractivity contribution is -0.142. The molecule has 0 radical (unpaired) electrons. The first-order valence-electron chi connectivity index (χ1n) is 5.44. The molecule has 0 spiro atoms. The Morgan fingerprint density at radius 3 is 2.44 bits per heavy atom. The van der Waals surface area contributed by atoms with Gasteiger partial charge < -0.3 is 15.3 Å². The third-order valence-corrected chi connectivity index (χ3v) is 2.57. The zero-order chi connectivity index (χ0) is 13.9. The SMILES string of the molecule is CC[C@@H](NC(=O)CN1C(=O)CN(C)C1=O)C(=O)O. The van der Waals surface area contributed by atoms with E-state index in [0.717, 1.165) is 4.90 Å². The van der Waals surface area contributed by atoms with Crippen molar-refractivity contribution in [3.8, 4) is 0 Å². The molecular weight excluding hydrogens is 242 g/mol. The molecule has 1 atom stereocenters. The summed E-state index contributed by atoms with van der Waals surface area (Å²) in [6.07, 6.45) is 0.225. The van der Waals surface area contributed by atoms with E-state index in [1.54, 1.807) is 6.92 Å². The van der Waals surface area contributed by atoms with Crippen molar-refractivity contribution in [2.75, 3.05) is 20.1 Å². The fourth-order valence-corrected chi connectivity index (χ4v) is 1.55. The molecule has 1 aliphatic heterocycles. The van der Waals surface area contributed by atoms with E-state index < -0.39 is 36.4 Å². The number of amides is 4. The second kappa shape index (κ2) is 5.48. The molecule has 0 aromatic rings. The highest BCUT2D eigenvalue weighted by atomic mass is 16.4. The maximum Gasteiger partial charge on any atom is 0.327 e. The normalized spacial score (nSPS) is 17.0. The Bertz CT molecular complexity index is 395. The molecule has 4 amide bonds. The highest BCUT2D eigenvalue weighted by Gasteiger charge is 2.35. The largest absolute Gasteiger partial charge is 0.480 e. The number of imide groups is 1. The summed E-state index contributed by atoms with van der Waals surface area (Å²) in [5.41, 5.74) is 0. The number of hydrogen-bond donors (Lipinski definition) is 2. The number of nitrogens with zero attached hydrogens (tertiary/aromatic N) is 2. The van der Waals surface area contributed by atoms with Crippen LogP contribution in [0.15, 0.2) is 0 Å². The molecule has 2 N–H and O–H groups in total. The topological polar surface area (TPSA) is 107 Å². The number of aliphatic carboxylic acids is 1. The third kappa shape index (κ3) is 2.96. The number of carbonyl (C=O) groups excluding carboxylic acids is 3. The van der Waals surface area contributed by atoms with Crippen LogP contribution in [0, 0.1) is 0 Å². The molecule has 0 saturated carbocycles. The predicted molar refractivity (Wildman–Crippen MR) is 59.6 cm³/mol. The lowest BCUT2D eigenvalue weighted by atomic mass is 10.2. The second-order valence-electron chi connectivity index (χ2n) is 3.99. The van der Waals surface area contributed by atoms with E-state index in [1.165, 1.54) is 11.9 Å². The first kappa shape index (κ1) is 13.9. The molecule has 1 fully saturated rings. The van der Waals surface area contributed by atoms with Gasteiger partial charge in [0.2, 0.25) is 5.91 Å². The quantitative estimate of drug-likeness (QED) is 0.605. The fraction of sp³-hybridized carbons (Fsp3) is 0.600. The van der Waals surface area contributed by atoms with Gasteiger partial charge in [0, 0.05) is 7.05 Å². The van der Waals surface area contributed by atoms with Crippen LogP contribution in [0.2, 0.25) is 0 Å². The highest BCUT2D eigenvalue weighted by Crippen LogP contribution is 2.07. The van der Waals surface area contributed by atoms with Gasteiger partial charge in [-0.25, -0.2) is 9.59 Å². The summed E-state index contributed by atoms with van der Waals surface area (Å²) >= 11 is 0. The molecule has 18 heavy (non-hydrogen) atoms. The molecular formula is C10H15N3O5. The van der Waals surface area contributed by atoms with Crippen molar-refractivity contribution < 1.29 is 24.3 Å². The van der Waals surface area contributed by atoms with Gasteiger partial charge in [-0.05, 0) is 6.42 Å². The van der Waals surface area contributed by atoms with Crippen LogP contribution in [0.4, 0.5) is 4.79 Å². The van der Waals surface area contributed by atoms with Crippen LogP contribution in [-0.4, -0.2) is 64.9 Å². The lowest BCUT2D eigenvalue weighted by Crippen LogP contribution is -2.46. The van der Waals surface area contributed by atoms with Crippen molar-refractivity contribution in [3.63, 3.8) is 0 Å². The van der Waals surface area contributed by atoms with Crippen LogP contribution in [0.5, 0.6) is 0 Å². The van der Waals surface area contributed by atoms with Crippen LogP contribution in [0.3, 0.4) is 0 Å². The minimum atomic E-state index is -1.15. The molecule has 1 heterocycles. The Morgan fingerprint density at radius 1 is 1.44 bits per heavy atom. The average molecular weight is 257 g/mol. The van der Waals surface area contributed by atoms with Gasteiger partial charge in [-0.1, -0.05) is 6.92 Å². The van der Waals surface area contributed by atoms with Gasteiger partial charge >= 0.3 is 12.0 Å². The first-order valence-corrected chi connectivity index (χ1v) is 5.44. The van der Waals surface area contributed by atoms with Crippen molar-refractivity contribution in [2.24, 2.45) is 0 Å². The van der Waals surface area contributed by atoms with Crippen molar-refractivity contribution >= 4 is 23.8 Å². The smallest absolute Gasteiger partial charge is 0.327 e. The number of carboxylic acid groups (broad SMARTS) is 1. The van der Waals surface area contributed by atoms with Gasteiger partial charge in [-0.15, -0.1) is 0 Å². The van der Waals surface area contributed by atoms with E-state index in [2.05, 4.69) is 5.32 Å². The van der Waals surface area contributed by atoms with E-state index in [-0.39, 0.29) is 13.0 Å². The molecule has 0 bridgehead atoms. The van der Waals surface area contributed by atoms with E-state index in [4.69, 9.17) is 5.11 Å². The Morgan fingerprint density at radius 2 is 2.06 bits per heavy atom. The minimum absolute atomic E-state index is 0.0672. The number of rotatable bonds is 5. The molecule has 0 aliphatic carbocycles. The number of nitrogens with one attached hydrogen (secondary N) is 1. The number of likely N-dealkylation sites (N-methyl/N-ethyl adjacent to an activating group) is 1. The van der Waals surface area contributed by atoms with Gasteiger partial charge in [0.15, 0.2) is 0 Å². The summed E-state index contributed by atoms with van der Waals surface area (Å²) in [6, 6.07) is -1.57. The maximum atomic E-state index is 11.5. The van der Waals surface area contributed by atoms with Crippen LogP contribution in [0.1, 0.15) is 13.3 Å². The monoisotopic (exact) mass is 257 g/mol. The summed E-state index contributed by atoms with van der Waals surface area (Å²) in [5, 5.41) is 11.0. The molecule has 0 aromatic carbocycles. The van der Waals surface area contributed by atoms with Gasteiger partial charge in [0.25, 0.3) is 5.91 Å². The molecule has 100 valence electrons. The fourth-order valence-electron chi connectivity index (χ4n) is 1.55. The van der Waals surface area contributed by atoms with E-state index >= 15 is 0 Å². The zero-order valence-electron chi connectivity index (χ0n) is 10.2. The molecule has 1 saturated heterocycles. The molecule has 8 heteroatoms. The Labute approximate surface area is 104 Å². The highest BCUT2D eigenvalue weighted by molar-refractivity contribution is 6.04. The lowest BCUT2D eigenvalue weighted by Gasteiger charge is -2.16. The van der Waals surface area contributed by atoms with Crippen molar-refractivity contribution in [1.82, 2.24) is 15.1 Å².